The highest BCUT2D eigenvalue weighted by Crippen LogP contribution is 2.41. The lowest BCUT2D eigenvalue weighted by atomic mass is 9.89. The molecule has 50 heavy (non-hydrogen) atoms. The molecule has 2 heterocycles. The van der Waals surface area contributed by atoms with Gasteiger partial charge in [0.1, 0.15) is 18.7 Å². The van der Waals surface area contributed by atoms with E-state index in [0.717, 1.165) is 38.5 Å². The Kier molecular flexibility index (Phi) is 15.3. The van der Waals surface area contributed by atoms with Crippen LogP contribution in [-0.2, 0) is 33.0 Å². The lowest BCUT2D eigenvalue weighted by molar-refractivity contribution is -0.155. The second-order valence-corrected chi connectivity index (χ2v) is 20.3. The summed E-state index contributed by atoms with van der Waals surface area (Å²) in [6.45, 7) is 15.3. The summed E-state index contributed by atoms with van der Waals surface area (Å²) in [6.07, 6.45) is 6.19. The lowest BCUT2D eigenvalue weighted by Gasteiger charge is -2.47. The fraction of sp³-hybridized carbons (Fsp3) is 0.667. The molecule has 7 nitrogen and oxygen atoms in total. The molecule has 2 bridgehead atoms. The molecule has 2 saturated heterocycles. The second kappa shape index (κ2) is 18.9. The van der Waals surface area contributed by atoms with Crippen molar-refractivity contribution in [2.45, 2.75) is 148 Å². The molecule has 2 aliphatic heterocycles. The lowest BCUT2D eigenvalue weighted by Crippen LogP contribution is -2.69. The Balaban J connectivity index is 1.79. The standard InChI is InChI=1S/C42H64O7Si/c1-9-18-34-27-33(43)25-32(4)40(46-29-45-8)39(28-35-26-31(3)38(47-35)24-17-16-19-30(2)41(44)48-34)49-50(42(5,6)7,36-20-12-10-13-21-36)37-22-14-11-15-23-37/h10-15,20-23,30-32,34-35,38-40H,9,16-19,24-29H2,1-8H3/t30?,31-,32+,34?,35+,38-,39?,40-/m0/s1. The molecule has 2 aliphatic rings. The minimum atomic E-state index is -3.00. The second-order valence-electron chi connectivity index (χ2n) is 16.1. The number of cyclic esters (lactones) is 1. The summed E-state index contributed by atoms with van der Waals surface area (Å²) in [5.74, 6) is -0.103. The van der Waals surface area contributed by atoms with Crippen LogP contribution in [0.15, 0.2) is 60.7 Å². The van der Waals surface area contributed by atoms with Gasteiger partial charge in [-0.25, -0.2) is 0 Å². The molecular formula is C42H64O7Si. The maximum atomic E-state index is 13.8. The van der Waals surface area contributed by atoms with Crippen molar-refractivity contribution in [1.82, 2.24) is 0 Å². The molecule has 0 saturated carbocycles. The van der Waals surface area contributed by atoms with Crippen LogP contribution in [0.25, 0.3) is 0 Å². The SMILES string of the molecule is CCCC1CC(=O)C[C@@H](C)[C@H](OCOC)C(O[Si](c2ccccc2)(c2ccccc2)C(C)(C)C)C[C@H]2C[C@H](C)[C@H](CCCCC(C)C(=O)O1)O2. The van der Waals surface area contributed by atoms with Gasteiger partial charge in [-0.05, 0) is 52.9 Å². The number of carbonyl (C=O) groups is 2. The Bertz CT molecular complexity index is 1270. The van der Waals surface area contributed by atoms with Gasteiger partial charge in [0.15, 0.2) is 0 Å². The van der Waals surface area contributed by atoms with Crippen LogP contribution in [0.1, 0.15) is 113 Å². The zero-order valence-corrected chi connectivity index (χ0v) is 33.0. The number of hydrogen-bond acceptors (Lipinski definition) is 7. The van der Waals surface area contributed by atoms with E-state index in [1.807, 2.05) is 6.92 Å². The normalized spacial score (nSPS) is 29.6. The molecule has 2 fully saturated rings. The molecule has 0 N–H and O–H groups in total. The van der Waals surface area contributed by atoms with E-state index in [0.29, 0.717) is 18.8 Å². The fourth-order valence-electron chi connectivity index (χ4n) is 8.25. The van der Waals surface area contributed by atoms with Crippen molar-refractivity contribution in [3.63, 3.8) is 0 Å². The van der Waals surface area contributed by atoms with Crippen molar-refractivity contribution in [3.05, 3.63) is 60.7 Å². The molecule has 0 radical (unpaired) electrons. The number of benzene rings is 2. The fourth-order valence-corrected chi connectivity index (χ4v) is 12.9. The minimum Gasteiger partial charge on any atom is -0.462 e. The highest BCUT2D eigenvalue weighted by Gasteiger charge is 2.53. The van der Waals surface area contributed by atoms with Crippen LogP contribution in [0.2, 0.25) is 5.04 Å². The first-order valence-corrected chi connectivity index (χ1v) is 21.1. The molecule has 2 aromatic carbocycles. The Labute approximate surface area is 303 Å². The van der Waals surface area contributed by atoms with Gasteiger partial charge in [0.05, 0.1) is 30.3 Å². The minimum absolute atomic E-state index is 0.00326. The molecule has 0 amide bonds. The smallest absolute Gasteiger partial charge is 0.308 e. The highest BCUT2D eigenvalue weighted by molar-refractivity contribution is 6.99. The van der Waals surface area contributed by atoms with Crippen molar-refractivity contribution < 1.29 is 33.0 Å². The van der Waals surface area contributed by atoms with Gasteiger partial charge in [-0.3, -0.25) is 9.59 Å². The van der Waals surface area contributed by atoms with E-state index in [1.54, 1.807) is 7.11 Å². The van der Waals surface area contributed by atoms with Gasteiger partial charge in [0.25, 0.3) is 8.32 Å². The third kappa shape index (κ3) is 10.4. The molecule has 0 aromatic heterocycles. The number of methoxy groups -OCH3 is 1. The first-order valence-electron chi connectivity index (χ1n) is 19.2. The molecule has 278 valence electrons. The third-order valence-corrected chi connectivity index (χ3v) is 15.9. The summed E-state index contributed by atoms with van der Waals surface area (Å²) in [6, 6.07) is 21.4. The van der Waals surface area contributed by atoms with Crippen molar-refractivity contribution in [2.75, 3.05) is 13.9 Å². The van der Waals surface area contributed by atoms with E-state index in [2.05, 4.69) is 102 Å². The maximum absolute atomic E-state index is 13.8. The molecule has 8 heteroatoms. The Hall–Kier alpha value is -2.36. The zero-order chi connectivity index (χ0) is 36.3. The van der Waals surface area contributed by atoms with Gasteiger partial charge in [-0.1, -0.05) is 128 Å². The topological polar surface area (TPSA) is 80.3 Å². The van der Waals surface area contributed by atoms with Crippen LogP contribution >= 0.6 is 0 Å². The largest absolute Gasteiger partial charge is 0.462 e. The van der Waals surface area contributed by atoms with Gasteiger partial charge in [-0.15, -0.1) is 0 Å². The summed E-state index contributed by atoms with van der Waals surface area (Å²) in [4.78, 5) is 26.9. The molecule has 0 aliphatic carbocycles. The summed E-state index contributed by atoms with van der Waals surface area (Å²) >= 11 is 0. The number of hydrogen-bond donors (Lipinski definition) is 0. The Morgan fingerprint density at radius 3 is 2.04 bits per heavy atom. The van der Waals surface area contributed by atoms with Crippen LogP contribution in [-0.4, -0.2) is 64.5 Å². The average molecular weight is 709 g/mol. The highest BCUT2D eigenvalue weighted by atomic mass is 28.4. The van der Waals surface area contributed by atoms with Crippen LogP contribution in [0.3, 0.4) is 0 Å². The first-order chi connectivity index (χ1) is 23.9. The monoisotopic (exact) mass is 708 g/mol. The van der Waals surface area contributed by atoms with E-state index < -0.39 is 20.5 Å². The molecule has 3 unspecified atom stereocenters. The number of ketones is 1. The quantitative estimate of drug-likeness (QED) is 0.148. The van der Waals surface area contributed by atoms with Crippen molar-refractivity contribution >= 4 is 30.4 Å². The van der Waals surface area contributed by atoms with E-state index in [1.165, 1.54) is 10.4 Å². The van der Waals surface area contributed by atoms with Crippen LogP contribution < -0.4 is 10.4 Å². The third-order valence-electron chi connectivity index (χ3n) is 10.9. The predicted octanol–water partition coefficient (Wildman–Crippen LogP) is 8.01. The first kappa shape index (κ1) is 40.4. The Morgan fingerprint density at radius 2 is 1.46 bits per heavy atom. The average Bonchev–Trinajstić information content (AvgIpc) is 3.43. The molecule has 8 atom stereocenters. The summed E-state index contributed by atoms with van der Waals surface area (Å²) < 4.78 is 32.8. The molecule has 0 spiro atoms. The van der Waals surface area contributed by atoms with Crippen molar-refractivity contribution in [1.29, 1.82) is 0 Å². The van der Waals surface area contributed by atoms with Gasteiger partial charge < -0.3 is 23.4 Å². The van der Waals surface area contributed by atoms with E-state index in [9.17, 15) is 9.59 Å². The van der Waals surface area contributed by atoms with Crippen molar-refractivity contribution in [3.8, 4) is 0 Å². The molecule has 4 rings (SSSR count). The number of fused-ring (bicyclic) bond motifs is 2. The number of rotatable bonds is 9. The summed E-state index contributed by atoms with van der Waals surface area (Å²) in [5.41, 5.74) is 0. The number of Topliss-reactive ketones (excluding diaryl/α,β-unsaturated/α-hetero) is 1. The van der Waals surface area contributed by atoms with E-state index >= 15 is 0 Å². The summed E-state index contributed by atoms with van der Waals surface area (Å²) in [5, 5.41) is 2.15. The van der Waals surface area contributed by atoms with Gasteiger partial charge in [0.2, 0.25) is 0 Å². The van der Waals surface area contributed by atoms with Gasteiger partial charge in [-0.2, -0.15) is 0 Å². The van der Waals surface area contributed by atoms with Gasteiger partial charge in [0, 0.05) is 26.4 Å². The van der Waals surface area contributed by atoms with E-state index in [4.69, 9.17) is 23.4 Å². The van der Waals surface area contributed by atoms with Gasteiger partial charge >= 0.3 is 5.97 Å². The summed E-state index contributed by atoms with van der Waals surface area (Å²) in [7, 11) is -1.37. The molecular weight excluding hydrogens is 645 g/mol. The zero-order valence-electron chi connectivity index (χ0n) is 32.0. The number of carbonyl (C=O) groups excluding carboxylic acids is 2. The van der Waals surface area contributed by atoms with E-state index in [-0.39, 0.29) is 66.6 Å². The van der Waals surface area contributed by atoms with Crippen LogP contribution in [0.5, 0.6) is 0 Å². The molecule has 2 aromatic rings. The predicted molar refractivity (Wildman–Crippen MR) is 202 cm³/mol. The maximum Gasteiger partial charge on any atom is 0.308 e. The van der Waals surface area contributed by atoms with Crippen molar-refractivity contribution in [2.24, 2.45) is 17.8 Å². The number of ether oxygens (including phenoxy) is 4. The van der Waals surface area contributed by atoms with Crippen LogP contribution in [0.4, 0.5) is 0 Å². The Morgan fingerprint density at radius 1 is 0.840 bits per heavy atom. The number of esters is 1. The van der Waals surface area contributed by atoms with Crippen LogP contribution in [0, 0.1) is 17.8 Å².